The smallest absolute Gasteiger partial charge is 0.238 e. The molecule has 0 unspecified atom stereocenters. The number of nitrogens with one attached hydrogen (secondary N) is 2. The van der Waals surface area contributed by atoms with Gasteiger partial charge in [-0.25, -0.2) is 0 Å². The molecule has 3 rings (SSSR count). The molecule has 0 aromatic heterocycles. The Morgan fingerprint density at radius 2 is 1.62 bits per heavy atom. The summed E-state index contributed by atoms with van der Waals surface area (Å²) in [7, 11) is 1.86. The molecule has 1 atom stereocenters. The second-order valence-corrected chi connectivity index (χ2v) is 8.22. The number of benzene rings is 2. The van der Waals surface area contributed by atoms with E-state index in [-0.39, 0.29) is 36.9 Å². The van der Waals surface area contributed by atoms with Crippen molar-refractivity contribution in [2.24, 2.45) is 0 Å². The van der Waals surface area contributed by atoms with Crippen molar-refractivity contribution in [2.75, 3.05) is 37.3 Å². The molecule has 3 amide bonds. The van der Waals surface area contributed by atoms with E-state index in [1.54, 1.807) is 24.3 Å². The molecule has 2 aromatic rings. The highest BCUT2D eigenvalue weighted by Gasteiger charge is 2.27. The lowest BCUT2D eigenvalue weighted by atomic mass is 9.87. The Balaban J connectivity index is 1.55. The van der Waals surface area contributed by atoms with E-state index < -0.39 is 0 Å². The van der Waals surface area contributed by atoms with Gasteiger partial charge in [0.05, 0.1) is 19.1 Å². The highest BCUT2D eigenvalue weighted by atomic mass is 16.2. The third kappa shape index (κ3) is 6.17. The minimum Gasteiger partial charge on any atom is -0.338 e. The zero-order valence-electron chi connectivity index (χ0n) is 19.1. The number of amides is 3. The topological polar surface area (TPSA) is 81.8 Å². The first kappa shape index (κ1) is 23.5. The SMILES string of the molecule is CCN(CC(=O)Nc1ccc(NC(C)=O)cc1)CC(=O)N(C)[C@@H]1CCCc2ccccc21. The van der Waals surface area contributed by atoms with Crippen LogP contribution in [0.25, 0.3) is 0 Å². The predicted molar refractivity (Wildman–Crippen MR) is 126 cm³/mol. The normalized spacial score (nSPS) is 15.1. The molecule has 0 fully saturated rings. The van der Waals surface area contributed by atoms with Gasteiger partial charge in [-0.2, -0.15) is 0 Å². The Morgan fingerprint density at radius 1 is 0.969 bits per heavy atom. The number of carbonyl (C=O) groups excluding carboxylic acids is 3. The summed E-state index contributed by atoms with van der Waals surface area (Å²) in [5, 5.41) is 5.54. The summed E-state index contributed by atoms with van der Waals surface area (Å²) in [4.78, 5) is 40.3. The van der Waals surface area contributed by atoms with Crippen molar-refractivity contribution in [3.63, 3.8) is 0 Å². The van der Waals surface area contributed by atoms with Crippen LogP contribution >= 0.6 is 0 Å². The van der Waals surface area contributed by atoms with Gasteiger partial charge < -0.3 is 15.5 Å². The zero-order valence-corrected chi connectivity index (χ0v) is 19.1. The molecular weight excluding hydrogens is 404 g/mol. The maximum atomic E-state index is 13.0. The van der Waals surface area contributed by atoms with Gasteiger partial charge in [0.1, 0.15) is 0 Å². The lowest BCUT2D eigenvalue weighted by Crippen LogP contribution is -2.43. The first-order chi connectivity index (χ1) is 15.4. The number of hydrogen-bond acceptors (Lipinski definition) is 4. The lowest BCUT2D eigenvalue weighted by molar-refractivity contribution is -0.134. The van der Waals surface area contributed by atoms with E-state index in [2.05, 4.69) is 22.8 Å². The van der Waals surface area contributed by atoms with Crippen LogP contribution in [0, 0.1) is 0 Å². The van der Waals surface area contributed by atoms with E-state index in [0.717, 1.165) is 19.3 Å². The van der Waals surface area contributed by atoms with Crippen LogP contribution in [0.2, 0.25) is 0 Å². The second kappa shape index (κ2) is 10.9. The Bertz CT molecular complexity index is 958. The van der Waals surface area contributed by atoms with Crippen molar-refractivity contribution < 1.29 is 14.4 Å². The zero-order chi connectivity index (χ0) is 23.1. The molecule has 0 saturated heterocycles. The first-order valence-electron chi connectivity index (χ1n) is 11.1. The third-order valence-electron chi connectivity index (χ3n) is 5.86. The molecule has 1 aliphatic carbocycles. The summed E-state index contributed by atoms with van der Waals surface area (Å²) in [5.74, 6) is -0.315. The van der Waals surface area contributed by atoms with Crippen LogP contribution in [0.5, 0.6) is 0 Å². The van der Waals surface area contributed by atoms with E-state index >= 15 is 0 Å². The van der Waals surface area contributed by atoms with E-state index in [1.807, 2.05) is 35.9 Å². The minimum absolute atomic E-state index is 0.0148. The highest BCUT2D eigenvalue weighted by Crippen LogP contribution is 2.33. The maximum Gasteiger partial charge on any atom is 0.238 e. The van der Waals surface area contributed by atoms with Crippen molar-refractivity contribution in [1.29, 1.82) is 0 Å². The van der Waals surface area contributed by atoms with Gasteiger partial charge in [-0.3, -0.25) is 19.3 Å². The van der Waals surface area contributed by atoms with Crippen molar-refractivity contribution >= 4 is 29.1 Å². The van der Waals surface area contributed by atoms with E-state index in [1.165, 1.54) is 18.1 Å². The molecule has 0 spiro atoms. The summed E-state index contributed by atoms with van der Waals surface area (Å²) < 4.78 is 0. The number of nitrogens with zero attached hydrogens (tertiary/aromatic N) is 2. The summed E-state index contributed by atoms with van der Waals surface area (Å²) in [6.45, 7) is 4.31. The summed E-state index contributed by atoms with van der Waals surface area (Å²) in [6.07, 6.45) is 3.09. The number of likely N-dealkylation sites (N-methyl/N-ethyl adjacent to an activating group) is 2. The van der Waals surface area contributed by atoms with E-state index in [0.29, 0.717) is 17.9 Å². The van der Waals surface area contributed by atoms with Crippen molar-refractivity contribution in [3.05, 3.63) is 59.7 Å². The predicted octanol–water partition coefficient (Wildman–Crippen LogP) is 3.44. The van der Waals surface area contributed by atoms with Gasteiger partial charge >= 0.3 is 0 Å². The molecule has 170 valence electrons. The van der Waals surface area contributed by atoms with Crippen molar-refractivity contribution in [3.8, 4) is 0 Å². The Morgan fingerprint density at radius 3 is 2.28 bits per heavy atom. The van der Waals surface area contributed by atoms with Crippen LogP contribution in [-0.4, -0.2) is 54.2 Å². The second-order valence-electron chi connectivity index (χ2n) is 8.22. The maximum absolute atomic E-state index is 13.0. The number of aryl methyl sites for hydroxylation is 1. The number of fused-ring (bicyclic) bond motifs is 1. The molecule has 2 aromatic carbocycles. The molecule has 0 heterocycles. The van der Waals surface area contributed by atoms with Gasteiger partial charge in [0.2, 0.25) is 17.7 Å². The monoisotopic (exact) mass is 436 g/mol. The fourth-order valence-corrected chi connectivity index (χ4v) is 4.13. The number of anilines is 2. The van der Waals surface area contributed by atoms with Gasteiger partial charge in [0.25, 0.3) is 0 Å². The molecule has 7 heteroatoms. The number of carbonyl (C=O) groups is 3. The summed E-state index contributed by atoms with van der Waals surface area (Å²) in [5.41, 5.74) is 3.86. The van der Waals surface area contributed by atoms with E-state index in [4.69, 9.17) is 0 Å². The van der Waals surface area contributed by atoms with Gasteiger partial charge in [-0.15, -0.1) is 0 Å². The Hall–Kier alpha value is -3.19. The summed E-state index contributed by atoms with van der Waals surface area (Å²) >= 11 is 0. The molecule has 32 heavy (non-hydrogen) atoms. The Kier molecular flexibility index (Phi) is 8.00. The number of hydrogen-bond donors (Lipinski definition) is 2. The van der Waals surface area contributed by atoms with Crippen LogP contribution in [0.15, 0.2) is 48.5 Å². The quantitative estimate of drug-likeness (QED) is 0.664. The first-order valence-corrected chi connectivity index (χ1v) is 11.1. The largest absolute Gasteiger partial charge is 0.338 e. The van der Waals surface area contributed by atoms with Crippen LogP contribution in [0.3, 0.4) is 0 Å². The minimum atomic E-state index is -0.183. The molecule has 0 saturated carbocycles. The average molecular weight is 437 g/mol. The number of rotatable bonds is 8. The van der Waals surface area contributed by atoms with Crippen molar-refractivity contribution in [2.45, 2.75) is 39.2 Å². The Labute approximate surface area is 189 Å². The fraction of sp³-hybridized carbons (Fsp3) is 0.400. The molecule has 2 N–H and O–H groups in total. The van der Waals surface area contributed by atoms with Gasteiger partial charge in [0, 0.05) is 25.3 Å². The van der Waals surface area contributed by atoms with Crippen molar-refractivity contribution in [1.82, 2.24) is 9.80 Å². The van der Waals surface area contributed by atoms with Gasteiger partial charge in [0.15, 0.2) is 0 Å². The third-order valence-corrected chi connectivity index (χ3v) is 5.86. The highest BCUT2D eigenvalue weighted by molar-refractivity contribution is 5.93. The average Bonchev–Trinajstić information content (AvgIpc) is 2.78. The molecule has 7 nitrogen and oxygen atoms in total. The molecule has 1 aliphatic rings. The molecule has 0 radical (unpaired) electrons. The molecule has 0 aliphatic heterocycles. The molecule has 0 bridgehead atoms. The summed E-state index contributed by atoms with van der Waals surface area (Å²) in [6, 6.07) is 15.4. The van der Waals surface area contributed by atoms with Gasteiger partial charge in [-0.1, -0.05) is 31.2 Å². The van der Waals surface area contributed by atoms with Crippen LogP contribution < -0.4 is 10.6 Å². The van der Waals surface area contributed by atoms with Crippen LogP contribution in [0.1, 0.15) is 43.9 Å². The van der Waals surface area contributed by atoms with Crippen LogP contribution in [0.4, 0.5) is 11.4 Å². The lowest BCUT2D eigenvalue weighted by Gasteiger charge is -2.34. The molecular formula is C25H32N4O3. The van der Waals surface area contributed by atoms with Gasteiger partial charge in [-0.05, 0) is 61.2 Å². The standard InChI is InChI=1S/C25H32N4O3/c1-4-29(16-24(31)27-21-14-12-20(13-15-21)26-18(2)30)17-25(32)28(3)23-11-7-9-19-8-5-6-10-22(19)23/h5-6,8,10,12-15,23H,4,7,9,11,16-17H2,1-3H3,(H,26,30)(H,27,31)/t23-/m1/s1. The van der Waals surface area contributed by atoms with Crippen LogP contribution in [-0.2, 0) is 20.8 Å². The van der Waals surface area contributed by atoms with E-state index in [9.17, 15) is 14.4 Å². The fourth-order valence-electron chi connectivity index (χ4n) is 4.13.